The van der Waals surface area contributed by atoms with E-state index in [0.717, 1.165) is 11.4 Å². The molecule has 1 aromatic heterocycles. The number of hydrogen-bond donors (Lipinski definition) is 1. The zero-order chi connectivity index (χ0) is 10.3. The van der Waals surface area contributed by atoms with E-state index >= 15 is 0 Å². The lowest BCUT2D eigenvalue weighted by atomic mass is 9.86. The first-order valence-corrected chi connectivity index (χ1v) is 5.08. The van der Waals surface area contributed by atoms with Crippen LogP contribution in [-0.2, 0) is 11.0 Å². The van der Waals surface area contributed by atoms with Gasteiger partial charge in [-0.3, -0.25) is 0 Å². The molecule has 0 atom stereocenters. The van der Waals surface area contributed by atoms with Gasteiger partial charge in [-0.05, 0) is 13.8 Å². The van der Waals surface area contributed by atoms with E-state index in [9.17, 15) is 0 Å². The van der Waals surface area contributed by atoms with Crippen molar-refractivity contribution in [2.75, 3.05) is 0 Å². The number of nitrogens with two attached hydrogens (primary N) is 1. The van der Waals surface area contributed by atoms with E-state index in [1.165, 1.54) is 11.7 Å². The van der Waals surface area contributed by atoms with Crippen LogP contribution in [0, 0.1) is 0 Å². The molecule has 0 aliphatic heterocycles. The number of nitrogens with zero attached hydrogens (tertiary/aromatic N) is 2. The maximum absolute atomic E-state index is 6.00. The predicted molar refractivity (Wildman–Crippen MR) is 55.8 cm³/mol. The Hall–Kier alpha value is -0.480. The van der Waals surface area contributed by atoms with Crippen LogP contribution in [0.1, 0.15) is 46.0 Å². The highest BCUT2D eigenvalue weighted by Crippen LogP contribution is 2.29. The molecule has 1 aromatic rings. The maximum Gasteiger partial charge on any atom is 0.0973 e. The summed E-state index contributed by atoms with van der Waals surface area (Å²) in [4.78, 5) is 0. The first-order valence-electron chi connectivity index (χ1n) is 4.35. The maximum atomic E-state index is 6.00. The van der Waals surface area contributed by atoms with Crippen LogP contribution in [-0.4, -0.2) is 8.75 Å². The molecule has 0 saturated carbocycles. The molecule has 3 nitrogen and oxygen atoms in total. The predicted octanol–water partition coefficient (Wildman–Crippen LogP) is 2.03. The molecule has 74 valence electrons. The van der Waals surface area contributed by atoms with Gasteiger partial charge in [0.2, 0.25) is 0 Å². The highest BCUT2D eigenvalue weighted by Gasteiger charge is 2.29. The fraction of sp³-hybridized carbons (Fsp3) is 0.778. The van der Waals surface area contributed by atoms with Crippen molar-refractivity contribution < 1.29 is 0 Å². The normalized spacial score (nSPS) is 13.4. The lowest BCUT2D eigenvalue weighted by molar-refractivity contribution is 0.494. The van der Waals surface area contributed by atoms with Gasteiger partial charge < -0.3 is 5.73 Å². The highest BCUT2D eigenvalue weighted by molar-refractivity contribution is 6.99. The van der Waals surface area contributed by atoms with Crippen LogP contribution in [0.15, 0.2) is 0 Å². The molecular formula is C9H17N3S. The molecule has 0 aliphatic carbocycles. The molecule has 0 spiro atoms. The van der Waals surface area contributed by atoms with Crippen molar-refractivity contribution in [2.24, 2.45) is 5.73 Å². The fourth-order valence-electron chi connectivity index (χ4n) is 1.10. The molecule has 4 heteroatoms. The zero-order valence-electron chi connectivity index (χ0n) is 8.88. The Labute approximate surface area is 83.7 Å². The standard InChI is InChI=1S/C9H17N3S/c1-8(2,3)6-7(9(4,5)10)12-13-11-6/h10H2,1-5H3. The minimum absolute atomic E-state index is 0.0268. The molecule has 0 aliphatic rings. The summed E-state index contributed by atoms with van der Waals surface area (Å²) < 4.78 is 8.56. The van der Waals surface area contributed by atoms with Gasteiger partial charge in [0.25, 0.3) is 0 Å². The van der Waals surface area contributed by atoms with Crippen molar-refractivity contribution in [1.82, 2.24) is 8.75 Å². The molecule has 0 unspecified atom stereocenters. The molecular weight excluding hydrogens is 182 g/mol. The van der Waals surface area contributed by atoms with Gasteiger partial charge in [0.1, 0.15) is 0 Å². The minimum Gasteiger partial charge on any atom is -0.320 e. The molecule has 0 radical (unpaired) electrons. The van der Waals surface area contributed by atoms with Crippen molar-refractivity contribution in [3.63, 3.8) is 0 Å². The van der Waals surface area contributed by atoms with E-state index in [1.807, 2.05) is 13.8 Å². The molecule has 13 heavy (non-hydrogen) atoms. The smallest absolute Gasteiger partial charge is 0.0973 e. The lowest BCUT2D eigenvalue weighted by Gasteiger charge is -2.23. The monoisotopic (exact) mass is 199 g/mol. The van der Waals surface area contributed by atoms with Crippen LogP contribution < -0.4 is 5.73 Å². The Morgan fingerprint density at radius 3 is 1.77 bits per heavy atom. The summed E-state index contributed by atoms with van der Waals surface area (Å²) in [5.41, 5.74) is 7.58. The molecule has 0 saturated heterocycles. The molecule has 1 heterocycles. The topological polar surface area (TPSA) is 51.8 Å². The van der Waals surface area contributed by atoms with Crippen molar-refractivity contribution >= 4 is 11.7 Å². The molecule has 0 amide bonds. The van der Waals surface area contributed by atoms with Crippen molar-refractivity contribution in [2.45, 2.75) is 45.6 Å². The SMILES string of the molecule is CC(C)(C)c1nsnc1C(C)(C)N. The average molecular weight is 199 g/mol. The van der Waals surface area contributed by atoms with Crippen LogP contribution in [0.2, 0.25) is 0 Å². The number of aromatic nitrogens is 2. The van der Waals surface area contributed by atoms with Crippen LogP contribution in [0.25, 0.3) is 0 Å². The van der Waals surface area contributed by atoms with Gasteiger partial charge in [-0.2, -0.15) is 8.75 Å². The summed E-state index contributed by atoms with van der Waals surface area (Å²) in [5, 5.41) is 0. The van der Waals surface area contributed by atoms with Crippen LogP contribution >= 0.6 is 11.7 Å². The Bertz CT molecular complexity index is 262. The van der Waals surface area contributed by atoms with Crippen molar-refractivity contribution in [3.05, 3.63) is 11.4 Å². The molecule has 0 aromatic carbocycles. The van der Waals surface area contributed by atoms with Gasteiger partial charge in [-0.15, -0.1) is 0 Å². The van der Waals surface area contributed by atoms with E-state index in [2.05, 4.69) is 29.5 Å². The van der Waals surface area contributed by atoms with Gasteiger partial charge in [0.15, 0.2) is 0 Å². The quantitative estimate of drug-likeness (QED) is 0.753. The largest absolute Gasteiger partial charge is 0.320 e. The van der Waals surface area contributed by atoms with Crippen molar-refractivity contribution in [1.29, 1.82) is 0 Å². The van der Waals surface area contributed by atoms with Gasteiger partial charge in [-0.1, -0.05) is 20.8 Å². The van der Waals surface area contributed by atoms with E-state index < -0.39 is 5.54 Å². The Balaban J connectivity index is 3.19. The van der Waals surface area contributed by atoms with E-state index in [-0.39, 0.29) is 5.41 Å². The van der Waals surface area contributed by atoms with Gasteiger partial charge >= 0.3 is 0 Å². The molecule has 0 bridgehead atoms. The van der Waals surface area contributed by atoms with E-state index in [4.69, 9.17) is 5.73 Å². The Morgan fingerprint density at radius 1 is 1.00 bits per heavy atom. The van der Waals surface area contributed by atoms with E-state index in [1.54, 1.807) is 0 Å². The van der Waals surface area contributed by atoms with Gasteiger partial charge in [0, 0.05) is 5.41 Å². The van der Waals surface area contributed by atoms with Crippen molar-refractivity contribution in [3.8, 4) is 0 Å². The third kappa shape index (κ3) is 2.25. The van der Waals surface area contributed by atoms with Gasteiger partial charge in [0.05, 0.1) is 28.7 Å². The Morgan fingerprint density at radius 2 is 1.46 bits per heavy atom. The van der Waals surface area contributed by atoms with E-state index in [0.29, 0.717) is 0 Å². The third-order valence-corrected chi connectivity index (χ3v) is 2.34. The highest BCUT2D eigenvalue weighted by atomic mass is 32.1. The summed E-state index contributed by atoms with van der Waals surface area (Å²) in [7, 11) is 0. The number of rotatable bonds is 1. The number of hydrogen-bond acceptors (Lipinski definition) is 4. The second-order valence-corrected chi connectivity index (χ2v) is 5.46. The van der Waals surface area contributed by atoms with Crippen LogP contribution in [0.5, 0.6) is 0 Å². The first-order chi connectivity index (χ1) is 5.73. The second-order valence-electron chi connectivity index (χ2n) is 4.93. The summed E-state index contributed by atoms with van der Waals surface area (Å²) in [6.07, 6.45) is 0. The summed E-state index contributed by atoms with van der Waals surface area (Å²) >= 11 is 1.24. The first kappa shape index (κ1) is 10.6. The minimum atomic E-state index is -0.393. The summed E-state index contributed by atoms with van der Waals surface area (Å²) in [5.74, 6) is 0. The molecule has 1 rings (SSSR count). The molecule has 2 N–H and O–H groups in total. The van der Waals surface area contributed by atoms with Gasteiger partial charge in [-0.25, -0.2) is 0 Å². The van der Waals surface area contributed by atoms with Crippen LogP contribution in [0.4, 0.5) is 0 Å². The fourth-order valence-corrected chi connectivity index (χ4v) is 1.99. The van der Waals surface area contributed by atoms with Crippen LogP contribution in [0.3, 0.4) is 0 Å². The summed E-state index contributed by atoms with van der Waals surface area (Å²) in [6.45, 7) is 10.3. The average Bonchev–Trinajstić information content (AvgIpc) is 2.27. The second kappa shape index (κ2) is 3.03. The Kier molecular flexibility index (Phi) is 2.47. The summed E-state index contributed by atoms with van der Waals surface area (Å²) in [6, 6.07) is 0. The molecule has 0 fully saturated rings. The third-order valence-electron chi connectivity index (χ3n) is 1.81. The zero-order valence-corrected chi connectivity index (χ0v) is 9.70. The lowest BCUT2D eigenvalue weighted by Crippen LogP contribution is -2.32.